The van der Waals surface area contributed by atoms with Crippen molar-refractivity contribution in [3.63, 3.8) is 0 Å². The molecule has 0 rings (SSSR count). The van der Waals surface area contributed by atoms with Crippen LogP contribution in [-0.4, -0.2) is 140 Å². The minimum absolute atomic E-state index is 0. The van der Waals surface area contributed by atoms with Gasteiger partial charge in [-0.15, -0.1) is 39.5 Å². The van der Waals surface area contributed by atoms with E-state index < -0.39 is 119 Å². The molecule has 0 aliphatic rings. The first-order valence-electron chi connectivity index (χ1n) is 17.8. The molecule has 0 aromatic carbocycles. The summed E-state index contributed by atoms with van der Waals surface area (Å²) in [5, 5.41) is 0. The van der Waals surface area contributed by atoms with E-state index in [-0.39, 0.29) is 63.5 Å². The Morgan fingerprint density at radius 2 is 0.590 bits per heavy atom. The highest BCUT2D eigenvalue weighted by Crippen LogP contribution is 2.56. The van der Waals surface area contributed by atoms with Crippen molar-refractivity contribution in [2.75, 3.05) is 68.0 Å². The second-order valence-corrected chi connectivity index (χ2v) is 10.6. The fourth-order valence-electron chi connectivity index (χ4n) is 2.09. The molecule has 516 valence electrons. The number of hydrogen-bond acceptors (Lipinski definition) is 6. The topological polar surface area (TPSA) is 55.4 Å². The van der Waals surface area contributed by atoms with Crippen LogP contribution in [0, 0.1) is 0 Å². The summed E-state index contributed by atoms with van der Waals surface area (Å²) in [6.45, 7) is 22.2. The summed E-state index contributed by atoms with van der Waals surface area (Å²) in [6, 6.07) is 0. The average Bonchev–Trinajstić information content (AvgIpc) is 3.35. The summed E-state index contributed by atoms with van der Waals surface area (Å²) in [4.78, 5) is 0. The van der Waals surface area contributed by atoms with Gasteiger partial charge in [0.15, 0.2) is 39.8 Å². The van der Waals surface area contributed by atoms with Crippen LogP contribution in [0.5, 0.6) is 0 Å². The van der Waals surface area contributed by atoms with Crippen LogP contribution in [0.2, 0.25) is 0 Å². The zero-order valence-corrected chi connectivity index (χ0v) is 39.9. The van der Waals surface area contributed by atoms with E-state index in [0.717, 1.165) is 18.8 Å². The fourth-order valence-corrected chi connectivity index (χ4v) is 2.09. The molecule has 0 aromatic heterocycles. The number of halogens is 32. The second-order valence-electron chi connectivity index (χ2n) is 10.6. The van der Waals surface area contributed by atoms with Crippen LogP contribution >= 0.6 is 0 Å². The lowest BCUT2D eigenvalue weighted by molar-refractivity contribution is -0.552. The van der Waals surface area contributed by atoms with Gasteiger partial charge in [-0.25, -0.2) is 22.0 Å². The number of ether oxygens (including phenoxy) is 6. The lowest BCUT2D eigenvalue weighted by Crippen LogP contribution is -2.67. The normalized spacial score (nSPS) is 11.9. The third-order valence-electron chi connectivity index (χ3n) is 5.18. The van der Waals surface area contributed by atoms with Crippen molar-refractivity contribution < 1.29 is 169 Å². The lowest BCUT2D eigenvalue weighted by Gasteiger charge is -2.40. The van der Waals surface area contributed by atoms with Crippen molar-refractivity contribution in [3.8, 4) is 0 Å². The van der Waals surface area contributed by atoms with Crippen molar-refractivity contribution in [1.82, 2.24) is 0 Å². The molecule has 83 heavy (non-hydrogen) atoms. The predicted octanol–water partition coefficient (Wildman–Crippen LogP) is 21.4. The standard InChI is InChI=1S/C11H5F17O3.C6H9F3O.2C5H7F3O.C3H3F3.3C2H4.3CH3F.6CH4/c1-2-29-3-4(12,7(16,17)18)30-11(27,28)6(15,9(22,23)24)31-10(25,26)5(13,14)8(19,20)21;1-2-10-4-3-6(8,9)5-7;2*1-2-9-4-5(7,8)3-6;1-2-3(4,5)6;6*1-2;;;;;;/h2H,1,3H2;2H,1,3-5H2;2*2H,1,3-4H2;2H,1H2;3*1-2H2;3*1H3;6*1H4. The first-order chi connectivity index (χ1) is 34.6. The highest BCUT2D eigenvalue weighted by atomic mass is 19.4. The van der Waals surface area contributed by atoms with Crippen LogP contribution in [-0.2, 0) is 28.4 Å². The third kappa shape index (κ3) is 59.8. The van der Waals surface area contributed by atoms with Crippen LogP contribution in [0.25, 0.3) is 0 Å². The molecule has 38 heteroatoms. The summed E-state index contributed by atoms with van der Waals surface area (Å²) >= 11 is 0. The quantitative estimate of drug-likeness (QED) is 0.0466. The number of hydrogen-bond donors (Lipinski definition) is 0. The molecule has 0 aromatic rings. The third-order valence-corrected chi connectivity index (χ3v) is 5.18. The molecule has 0 spiro atoms. The van der Waals surface area contributed by atoms with Gasteiger partial charge in [0.2, 0.25) is 0 Å². The van der Waals surface area contributed by atoms with Crippen molar-refractivity contribution in [3.05, 3.63) is 103 Å². The number of allylic oxidation sites excluding steroid dienone is 1. The van der Waals surface area contributed by atoms with E-state index in [9.17, 15) is 140 Å². The Kier molecular flexibility index (Phi) is 89.6. The molecule has 2 unspecified atom stereocenters. The van der Waals surface area contributed by atoms with Crippen LogP contribution in [0.4, 0.5) is 140 Å². The van der Waals surface area contributed by atoms with E-state index in [0.29, 0.717) is 21.5 Å². The SMILES string of the molecule is C.C.C.C.C.C.C=C.C=C.C=C.C=CC(F)(F)F.C=COCC(F)(F)CF.C=COCC(F)(F)CF.C=COCC(F)(OC(F)(F)C(F)(OC(F)(F)C(F)(F)C(F)(F)F)C(F)(F)F)C(F)(F)F.C=COCCC(F)(F)CF.CF.CF.CF. The monoisotopic (exact) mass is 1320 g/mol. The molecular formula is C45H76F32O6. The minimum atomic E-state index is -7.89. The molecule has 0 saturated heterocycles. The van der Waals surface area contributed by atoms with Gasteiger partial charge in [0.05, 0.1) is 53.2 Å². The Hall–Kier alpha value is -5.20. The van der Waals surface area contributed by atoms with E-state index >= 15 is 0 Å². The lowest BCUT2D eigenvalue weighted by atomic mass is 10.2. The molecule has 0 saturated carbocycles. The van der Waals surface area contributed by atoms with E-state index in [1.807, 2.05) is 4.74 Å². The van der Waals surface area contributed by atoms with Gasteiger partial charge in [-0.1, -0.05) is 77.5 Å². The maximum Gasteiger partial charge on any atom is 0.462 e. The molecule has 0 aliphatic carbocycles. The molecule has 0 amide bonds. The summed E-state index contributed by atoms with van der Waals surface area (Å²) in [7, 11) is 1.50. The maximum absolute atomic E-state index is 13.7. The van der Waals surface area contributed by atoms with Gasteiger partial charge >= 0.3 is 66.4 Å². The summed E-state index contributed by atoms with van der Waals surface area (Å²) in [5.74, 6) is -31.9. The van der Waals surface area contributed by atoms with Crippen molar-refractivity contribution >= 4 is 0 Å². The molecular weight excluding hydrogens is 1240 g/mol. The zero-order valence-electron chi connectivity index (χ0n) is 39.9. The molecule has 0 radical (unpaired) electrons. The Morgan fingerprint density at radius 1 is 0.337 bits per heavy atom. The van der Waals surface area contributed by atoms with Crippen molar-refractivity contribution in [1.29, 1.82) is 0 Å². The van der Waals surface area contributed by atoms with Crippen LogP contribution in [0.15, 0.2) is 103 Å². The first-order valence-corrected chi connectivity index (χ1v) is 17.8. The second kappa shape index (κ2) is 59.9. The molecule has 0 heterocycles. The van der Waals surface area contributed by atoms with Gasteiger partial charge in [0, 0.05) is 12.5 Å². The number of alkyl halides is 32. The summed E-state index contributed by atoms with van der Waals surface area (Å²) in [5.41, 5.74) is 0. The Bertz CT molecular complexity index is 1400. The minimum Gasteiger partial charge on any atom is -0.502 e. The van der Waals surface area contributed by atoms with E-state index in [2.05, 4.69) is 91.3 Å². The van der Waals surface area contributed by atoms with Crippen LogP contribution in [0.1, 0.15) is 51.0 Å². The average molecular weight is 1320 g/mol. The molecule has 0 aliphatic heterocycles. The molecule has 0 bridgehead atoms. The van der Waals surface area contributed by atoms with Crippen molar-refractivity contribution in [2.45, 2.75) is 123 Å². The molecule has 6 nitrogen and oxygen atoms in total. The Balaban J connectivity index is -0.0000000464. The first kappa shape index (κ1) is 124. The van der Waals surface area contributed by atoms with Gasteiger partial charge in [-0.05, 0) is 0 Å². The van der Waals surface area contributed by atoms with E-state index in [4.69, 9.17) is 0 Å². The van der Waals surface area contributed by atoms with Gasteiger partial charge in [0.25, 0.3) is 5.92 Å². The van der Waals surface area contributed by atoms with Crippen molar-refractivity contribution in [2.24, 2.45) is 0 Å². The summed E-state index contributed by atoms with van der Waals surface area (Å²) in [6.07, 6.45) is -40.0. The molecule has 0 N–H and O–H groups in total. The number of rotatable bonds is 22. The van der Waals surface area contributed by atoms with E-state index in [1.54, 1.807) is 0 Å². The van der Waals surface area contributed by atoms with E-state index in [1.165, 1.54) is 4.74 Å². The smallest absolute Gasteiger partial charge is 0.462 e. The summed E-state index contributed by atoms with van der Waals surface area (Å²) < 4.78 is 401. The highest BCUT2D eigenvalue weighted by Gasteiger charge is 2.85. The predicted molar refractivity (Wildman–Crippen MR) is 256 cm³/mol. The van der Waals surface area contributed by atoms with Gasteiger partial charge in [-0.3, -0.25) is 22.6 Å². The Labute approximate surface area is 463 Å². The van der Waals surface area contributed by atoms with Crippen LogP contribution < -0.4 is 0 Å². The molecule has 2 atom stereocenters. The zero-order chi connectivity index (χ0) is 65.4. The van der Waals surface area contributed by atoms with Crippen LogP contribution in [0.3, 0.4) is 0 Å². The van der Waals surface area contributed by atoms with Gasteiger partial charge in [0.1, 0.15) is 0 Å². The molecule has 0 fully saturated rings. The fraction of sp³-hybridized carbons (Fsp3) is 0.644. The Morgan fingerprint density at radius 3 is 0.783 bits per heavy atom. The maximum atomic E-state index is 13.7. The van der Waals surface area contributed by atoms with Gasteiger partial charge in [-0.2, -0.15) is 105 Å². The largest absolute Gasteiger partial charge is 0.502 e. The van der Waals surface area contributed by atoms with Gasteiger partial charge < -0.3 is 18.9 Å². The highest BCUT2D eigenvalue weighted by molar-refractivity contribution is 4.95.